The Morgan fingerprint density at radius 3 is 2.31 bits per heavy atom. The van der Waals surface area contributed by atoms with Crippen molar-refractivity contribution in [2.75, 3.05) is 13.2 Å². The average Bonchev–Trinajstić information content (AvgIpc) is 2.25. The van der Waals surface area contributed by atoms with Crippen LogP contribution in [-0.4, -0.2) is 42.3 Å². The minimum absolute atomic E-state index is 0.362. The molecule has 0 heterocycles. The van der Waals surface area contributed by atoms with Gasteiger partial charge in [-0.2, -0.15) is 0 Å². The first kappa shape index (κ1) is 14.8. The molecule has 7 N–H and O–H groups in total. The number of hydrogen-bond acceptors (Lipinski definition) is 6. The van der Waals surface area contributed by atoms with Gasteiger partial charge in [-0.05, 0) is 19.4 Å². The van der Waals surface area contributed by atoms with Crippen molar-refractivity contribution >= 4 is 11.9 Å². The molecule has 7 heteroatoms. The van der Waals surface area contributed by atoms with Gasteiger partial charge in [-0.1, -0.05) is 6.42 Å². The predicted octanol–water partition coefficient (Wildman–Crippen LogP) is -1.60. The van der Waals surface area contributed by atoms with Crippen molar-refractivity contribution in [1.29, 1.82) is 0 Å². The molecular formula is C9H19N3O4. The molecule has 0 aliphatic rings. The first-order valence-corrected chi connectivity index (χ1v) is 5.09. The Morgan fingerprint density at radius 1 is 1.19 bits per heavy atom. The lowest BCUT2D eigenvalue weighted by molar-refractivity contribution is -0.149. The Kier molecular flexibility index (Phi) is 7.44. The van der Waals surface area contributed by atoms with Gasteiger partial charge in [-0.25, -0.2) is 0 Å². The largest absolute Gasteiger partial charge is 0.480 e. The molecule has 0 saturated carbocycles. The summed E-state index contributed by atoms with van der Waals surface area (Å²) in [5.74, 6) is -1.85. The summed E-state index contributed by atoms with van der Waals surface area (Å²) in [5, 5.41) is 8.45. The molecule has 0 radical (unpaired) electrons. The number of unbranched alkanes of at least 4 members (excludes halogenated alkanes) is 1. The Hall–Kier alpha value is -1.18. The molecule has 94 valence electrons. The molecule has 0 aromatic rings. The van der Waals surface area contributed by atoms with Crippen molar-refractivity contribution in [3.8, 4) is 0 Å². The molecule has 0 aromatic heterocycles. The van der Waals surface area contributed by atoms with Crippen molar-refractivity contribution in [1.82, 2.24) is 0 Å². The van der Waals surface area contributed by atoms with Gasteiger partial charge in [0.1, 0.15) is 18.7 Å². The van der Waals surface area contributed by atoms with Crippen LogP contribution in [-0.2, 0) is 14.3 Å². The molecule has 0 aliphatic heterocycles. The van der Waals surface area contributed by atoms with Gasteiger partial charge in [0.15, 0.2) is 0 Å². The lowest BCUT2D eigenvalue weighted by Gasteiger charge is -2.12. The number of carbonyl (C=O) groups excluding carboxylic acids is 1. The first-order valence-electron chi connectivity index (χ1n) is 5.09. The summed E-state index contributed by atoms with van der Waals surface area (Å²) in [6.45, 7) is 0.185. The second-order valence-electron chi connectivity index (χ2n) is 3.47. The van der Waals surface area contributed by atoms with Crippen molar-refractivity contribution < 1.29 is 19.4 Å². The SMILES string of the molecule is NCCCCC(N)C(=O)OC[C@H](N)C(=O)O. The molecule has 16 heavy (non-hydrogen) atoms. The maximum absolute atomic E-state index is 11.2. The van der Waals surface area contributed by atoms with Crippen LogP contribution in [0.15, 0.2) is 0 Å². The predicted molar refractivity (Wildman–Crippen MR) is 57.5 cm³/mol. The summed E-state index contributed by atoms with van der Waals surface area (Å²) in [4.78, 5) is 21.6. The van der Waals surface area contributed by atoms with E-state index < -0.39 is 24.0 Å². The summed E-state index contributed by atoms with van der Waals surface area (Å²) >= 11 is 0. The van der Waals surface area contributed by atoms with E-state index >= 15 is 0 Å². The van der Waals surface area contributed by atoms with E-state index in [9.17, 15) is 9.59 Å². The Morgan fingerprint density at radius 2 is 1.81 bits per heavy atom. The van der Waals surface area contributed by atoms with E-state index in [4.69, 9.17) is 22.3 Å². The van der Waals surface area contributed by atoms with E-state index in [1.54, 1.807) is 0 Å². The lowest BCUT2D eigenvalue weighted by atomic mass is 10.1. The molecule has 1 unspecified atom stereocenters. The maximum Gasteiger partial charge on any atom is 0.324 e. The second-order valence-corrected chi connectivity index (χ2v) is 3.47. The highest BCUT2D eigenvalue weighted by atomic mass is 16.5. The van der Waals surface area contributed by atoms with Crippen LogP contribution in [0.25, 0.3) is 0 Å². The molecule has 0 rings (SSSR count). The van der Waals surface area contributed by atoms with Crippen LogP contribution in [0, 0.1) is 0 Å². The maximum atomic E-state index is 11.2. The van der Waals surface area contributed by atoms with E-state index in [0.29, 0.717) is 13.0 Å². The standard InChI is InChI=1S/C9H19N3O4/c10-4-2-1-3-6(11)9(15)16-5-7(12)8(13)14/h6-7H,1-5,10-12H2,(H,13,14)/t6?,7-/m0/s1. The summed E-state index contributed by atoms with van der Waals surface area (Å²) in [6, 6.07) is -1.95. The number of rotatable bonds is 8. The van der Waals surface area contributed by atoms with E-state index in [1.165, 1.54) is 0 Å². The third-order valence-corrected chi connectivity index (χ3v) is 1.99. The number of ether oxygens (including phenoxy) is 1. The van der Waals surface area contributed by atoms with E-state index in [0.717, 1.165) is 12.8 Å². The van der Waals surface area contributed by atoms with Crippen LogP contribution in [0.3, 0.4) is 0 Å². The quantitative estimate of drug-likeness (QED) is 0.292. The van der Waals surface area contributed by atoms with Gasteiger partial charge in [0.2, 0.25) is 0 Å². The fourth-order valence-electron chi connectivity index (χ4n) is 0.977. The van der Waals surface area contributed by atoms with E-state index in [2.05, 4.69) is 4.74 Å². The normalized spacial score (nSPS) is 14.2. The average molecular weight is 233 g/mol. The second kappa shape index (κ2) is 8.03. The summed E-state index contributed by atoms with van der Waals surface area (Å²) in [5.41, 5.74) is 16.0. The first-order chi connectivity index (χ1) is 7.49. The van der Waals surface area contributed by atoms with Crippen molar-refractivity contribution in [3.05, 3.63) is 0 Å². The molecule has 0 spiro atoms. The van der Waals surface area contributed by atoms with Gasteiger partial charge < -0.3 is 27.0 Å². The smallest absolute Gasteiger partial charge is 0.324 e. The zero-order valence-corrected chi connectivity index (χ0v) is 9.09. The van der Waals surface area contributed by atoms with Crippen LogP contribution < -0.4 is 17.2 Å². The molecule has 0 saturated heterocycles. The van der Waals surface area contributed by atoms with Gasteiger partial charge in [0.05, 0.1) is 0 Å². The third kappa shape index (κ3) is 6.33. The zero-order chi connectivity index (χ0) is 12.6. The fourth-order valence-corrected chi connectivity index (χ4v) is 0.977. The number of nitrogens with two attached hydrogens (primary N) is 3. The highest BCUT2D eigenvalue weighted by Crippen LogP contribution is 2.00. The lowest BCUT2D eigenvalue weighted by Crippen LogP contribution is -2.39. The summed E-state index contributed by atoms with van der Waals surface area (Å²) in [7, 11) is 0. The van der Waals surface area contributed by atoms with Gasteiger partial charge in [-0.15, -0.1) is 0 Å². The van der Waals surface area contributed by atoms with E-state index in [1.807, 2.05) is 0 Å². The third-order valence-electron chi connectivity index (χ3n) is 1.99. The molecule has 0 bridgehead atoms. The number of carbonyl (C=O) groups is 2. The Balaban J connectivity index is 3.74. The minimum Gasteiger partial charge on any atom is -0.480 e. The topological polar surface area (TPSA) is 142 Å². The molecule has 2 atom stereocenters. The molecule has 0 fully saturated rings. The Labute approximate surface area is 93.9 Å². The zero-order valence-electron chi connectivity index (χ0n) is 9.09. The van der Waals surface area contributed by atoms with Gasteiger partial charge >= 0.3 is 11.9 Å². The van der Waals surface area contributed by atoms with Crippen molar-refractivity contribution in [2.24, 2.45) is 17.2 Å². The van der Waals surface area contributed by atoms with Crippen LogP contribution in [0.2, 0.25) is 0 Å². The number of aliphatic carboxylic acids is 1. The van der Waals surface area contributed by atoms with Gasteiger partial charge in [0, 0.05) is 0 Å². The molecule has 0 amide bonds. The monoisotopic (exact) mass is 233 g/mol. The number of carboxylic acids is 1. The number of esters is 1. The van der Waals surface area contributed by atoms with Crippen molar-refractivity contribution in [3.63, 3.8) is 0 Å². The van der Waals surface area contributed by atoms with E-state index in [-0.39, 0.29) is 6.61 Å². The summed E-state index contributed by atoms with van der Waals surface area (Å²) < 4.78 is 4.66. The highest BCUT2D eigenvalue weighted by Gasteiger charge is 2.18. The molecule has 7 nitrogen and oxygen atoms in total. The van der Waals surface area contributed by atoms with Gasteiger partial charge in [-0.3, -0.25) is 9.59 Å². The highest BCUT2D eigenvalue weighted by molar-refractivity contribution is 5.77. The fraction of sp³-hybridized carbons (Fsp3) is 0.778. The number of carboxylic acid groups (broad SMARTS) is 1. The van der Waals surface area contributed by atoms with Crippen LogP contribution >= 0.6 is 0 Å². The van der Waals surface area contributed by atoms with Crippen molar-refractivity contribution in [2.45, 2.75) is 31.3 Å². The molecule has 0 aromatic carbocycles. The molecular weight excluding hydrogens is 214 g/mol. The van der Waals surface area contributed by atoms with Crippen LogP contribution in [0.1, 0.15) is 19.3 Å². The number of hydrogen-bond donors (Lipinski definition) is 4. The Bertz CT molecular complexity index is 235. The summed E-state index contributed by atoms with van der Waals surface area (Å²) in [6.07, 6.45) is 1.99. The van der Waals surface area contributed by atoms with Gasteiger partial charge in [0.25, 0.3) is 0 Å². The minimum atomic E-state index is -1.22. The van der Waals surface area contributed by atoms with Crippen LogP contribution in [0.5, 0.6) is 0 Å². The van der Waals surface area contributed by atoms with Crippen LogP contribution in [0.4, 0.5) is 0 Å². The molecule has 0 aliphatic carbocycles.